The molecule has 1 atom stereocenters. The van der Waals surface area contributed by atoms with Gasteiger partial charge in [-0.1, -0.05) is 30.7 Å². The maximum Gasteiger partial charge on any atom is 0.318 e. The largest absolute Gasteiger partial charge is 0.491 e. The molecule has 3 amide bonds. The van der Waals surface area contributed by atoms with Crippen LogP contribution in [0.25, 0.3) is 0 Å². The van der Waals surface area contributed by atoms with E-state index in [1.807, 2.05) is 63.2 Å². The van der Waals surface area contributed by atoms with E-state index in [0.717, 1.165) is 34.5 Å². The zero-order valence-electron chi connectivity index (χ0n) is 18.3. The van der Waals surface area contributed by atoms with E-state index in [2.05, 4.69) is 5.32 Å². The van der Waals surface area contributed by atoms with Gasteiger partial charge in [0.25, 0.3) is 0 Å². The van der Waals surface area contributed by atoms with Gasteiger partial charge >= 0.3 is 6.03 Å². The first-order valence-electron chi connectivity index (χ1n) is 10.5. The summed E-state index contributed by atoms with van der Waals surface area (Å²) in [7, 11) is 0. The van der Waals surface area contributed by atoms with Gasteiger partial charge in [0.2, 0.25) is 5.91 Å². The van der Waals surface area contributed by atoms with Gasteiger partial charge in [0, 0.05) is 24.2 Å². The number of hydrogen-bond donors (Lipinski definition) is 1. The summed E-state index contributed by atoms with van der Waals surface area (Å²) in [6, 6.07) is 13.9. The van der Waals surface area contributed by atoms with Crippen molar-refractivity contribution < 1.29 is 14.3 Å². The summed E-state index contributed by atoms with van der Waals surface area (Å²) in [6.07, 6.45) is 0.886. The Balaban J connectivity index is 1.79. The minimum Gasteiger partial charge on any atom is -0.491 e. The fraction of sp³-hybridized carbons (Fsp3) is 0.417. The molecule has 1 aliphatic rings. The highest BCUT2D eigenvalue weighted by Gasteiger charge is 2.21. The Labute approximate surface area is 178 Å². The molecule has 0 radical (unpaired) electrons. The lowest BCUT2D eigenvalue weighted by molar-refractivity contribution is -0.116. The van der Waals surface area contributed by atoms with Crippen molar-refractivity contribution in [2.24, 2.45) is 0 Å². The number of amides is 3. The van der Waals surface area contributed by atoms with E-state index in [4.69, 9.17) is 4.74 Å². The quantitative estimate of drug-likeness (QED) is 0.803. The lowest BCUT2D eigenvalue weighted by Gasteiger charge is -2.24. The van der Waals surface area contributed by atoms with Gasteiger partial charge in [-0.05, 0) is 50.1 Å². The number of nitrogens with one attached hydrogen (secondary N) is 1. The van der Waals surface area contributed by atoms with Gasteiger partial charge in [0.15, 0.2) is 0 Å². The van der Waals surface area contributed by atoms with Gasteiger partial charge in [-0.2, -0.15) is 0 Å². The topological polar surface area (TPSA) is 61.9 Å². The van der Waals surface area contributed by atoms with Crippen LogP contribution in [0.5, 0.6) is 5.75 Å². The normalized spacial score (nSPS) is 14.2. The first-order valence-corrected chi connectivity index (χ1v) is 10.5. The summed E-state index contributed by atoms with van der Waals surface area (Å²) in [5.41, 5.74) is 3.98. The second kappa shape index (κ2) is 9.65. The predicted octanol–water partition coefficient (Wildman–Crippen LogP) is 4.25. The second-order valence-corrected chi connectivity index (χ2v) is 7.91. The molecular formula is C24H31N3O3. The van der Waals surface area contributed by atoms with Gasteiger partial charge in [-0.15, -0.1) is 0 Å². The molecule has 0 aliphatic carbocycles. The van der Waals surface area contributed by atoms with E-state index >= 15 is 0 Å². The molecule has 2 aromatic carbocycles. The van der Waals surface area contributed by atoms with Crippen LogP contribution < -0.4 is 15.0 Å². The first-order chi connectivity index (χ1) is 14.4. The Morgan fingerprint density at radius 3 is 2.60 bits per heavy atom. The molecule has 160 valence electrons. The van der Waals surface area contributed by atoms with E-state index in [9.17, 15) is 9.59 Å². The number of ether oxygens (including phenoxy) is 1. The first kappa shape index (κ1) is 21.7. The molecule has 1 unspecified atom stereocenters. The van der Waals surface area contributed by atoms with Crippen molar-refractivity contribution in [1.29, 1.82) is 0 Å². The fourth-order valence-electron chi connectivity index (χ4n) is 3.42. The highest BCUT2D eigenvalue weighted by Crippen LogP contribution is 2.26. The summed E-state index contributed by atoms with van der Waals surface area (Å²) in [5.74, 6) is 0.780. The zero-order chi connectivity index (χ0) is 21.7. The number of carbonyl (C=O) groups excluding carboxylic acids is 2. The summed E-state index contributed by atoms with van der Waals surface area (Å²) < 4.78 is 5.86. The Morgan fingerprint density at radius 1 is 1.20 bits per heavy atom. The number of rotatable bonds is 5. The molecule has 1 N–H and O–H groups in total. The molecule has 0 aromatic heterocycles. The van der Waals surface area contributed by atoms with Crippen LogP contribution in [0.1, 0.15) is 43.9 Å². The summed E-state index contributed by atoms with van der Waals surface area (Å²) in [4.78, 5) is 28.4. The Bertz CT molecular complexity index is 895. The molecule has 0 bridgehead atoms. The Hall–Kier alpha value is -3.02. The zero-order valence-corrected chi connectivity index (χ0v) is 18.3. The average molecular weight is 410 g/mol. The number of urea groups is 1. The number of benzene rings is 2. The SMILES string of the molecule is CCC(C)NC(=O)N1CCOc2ccc(CN(C(C)=O)c3ccc(C)cc3)cc2C1. The van der Waals surface area contributed by atoms with Crippen molar-refractivity contribution in [3.63, 3.8) is 0 Å². The molecule has 30 heavy (non-hydrogen) atoms. The van der Waals surface area contributed by atoms with Crippen LogP contribution >= 0.6 is 0 Å². The number of anilines is 1. The molecule has 0 spiro atoms. The standard InChI is InChI=1S/C24H31N3O3/c1-5-18(3)25-24(29)26-12-13-30-23-11-8-20(14-21(23)16-26)15-27(19(4)28)22-9-6-17(2)7-10-22/h6-11,14,18H,5,12-13,15-16H2,1-4H3,(H,25,29). The van der Waals surface area contributed by atoms with E-state index in [-0.39, 0.29) is 18.0 Å². The Kier molecular flexibility index (Phi) is 6.98. The van der Waals surface area contributed by atoms with Crippen molar-refractivity contribution in [2.45, 2.75) is 53.2 Å². The van der Waals surface area contributed by atoms with Gasteiger partial charge in [-0.25, -0.2) is 4.79 Å². The number of nitrogens with zero attached hydrogens (tertiary/aromatic N) is 2. The van der Waals surface area contributed by atoms with Crippen LogP contribution in [0.2, 0.25) is 0 Å². The average Bonchev–Trinajstić information content (AvgIpc) is 2.94. The van der Waals surface area contributed by atoms with Gasteiger partial charge in [0.05, 0.1) is 19.6 Å². The molecule has 2 aromatic rings. The fourth-order valence-corrected chi connectivity index (χ4v) is 3.42. The number of fused-ring (bicyclic) bond motifs is 1. The van der Waals surface area contributed by atoms with Crippen LogP contribution in [0, 0.1) is 6.92 Å². The van der Waals surface area contributed by atoms with E-state index in [1.165, 1.54) is 0 Å². The number of carbonyl (C=O) groups is 2. The molecule has 3 rings (SSSR count). The van der Waals surface area contributed by atoms with E-state index < -0.39 is 0 Å². The molecular weight excluding hydrogens is 378 g/mol. The Morgan fingerprint density at radius 2 is 1.93 bits per heavy atom. The van der Waals surface area contributed by atoms with E-state index in [1.54, 1.807) is 16.7 Å². The van der Waals surface area contributed by atoms with Crippen molar-refractivity contribution in [3.05, 3.63) is 59.2 Å². The third kappa shape index (κ3) is 5.32. The lowest BCUT2D eigenvalue weighted by atomic mass is 10.1. The molecule has 0 saturated carbocycles. The van der Waals surface area contributed by atoms with Crippen LogP contribution in [0.4, 0.5) is 10.5 Å². The smallest absolute Gasteiger partial charge is 0.318 e. The van der Waals surface area contributed by atoms with Crippen molar-refractivity contribution in [3.8, 4) is 5.75 Å². The van der Waals surface area contributed by atoms with Crippen molar-refractivity contribution in [1.82, 2.24) is 10.2 Å². The summed E-state index contributed by atoms with van der Waals surface area (Å²) in [6.45, 7) is 9.59. The second-order valence-electron chi connectivity index (χ2n) is 7.91. The summed E-state index contributed by atoms with van der Waals surface area (Å²) >= 11 is 0. The van der Waals surface area contributed by atoms with Crippen LogP contribution in [0.15, 0.2) is 42.5 Å². The highest BCUT2D eigenvalue weighted by atomic mass is 16.5. The molecule has 1 heterocycles. The van der Waals surface area contributed by atoms with Crippen LogP contribution in [0.3, 0.4) is 0 Å². The minimum absolute atomic E-state index is 0.0143. The summed E-state index contributed by atoms with van der Waals surface area (Å²) in [5, 5.41) is 3.02. The third-order valence-electron chi connectivity index (χ3n) is 5.44. The molecule has 0 fully saturated rings. The minimum atomic E-state index is -0.0729. The maximum absolute atomic E-state index is 12.6. The van der Waals surface area contributed by atoms with Gasteiger partial charge in [0.1, 0.15) is 12.4 Å². The predicted molar refractivity (Wildman–Crippen MR) is 119 cm³/mol. The molecule has 1 aliphatic heterocycles. The molecule has 6 heteroatoms. The van der Waals surface area contributed by atoms with Gasteiger partial charge in [-0.3, -0.25) is 4.79 Å². The van der Waals surface area contributed by atoms with Crippen LogP contribution in [-0.2, 0) is 17.9 Å². The monoisotopic (exact) mass is 409 g/mol. The maximum atomic E-state index is 12.6. The van der Waals surface area contributed by atoms with Crippen molar-refractivity contribution in [2.75, 3.05) is 18.1 Å². The van der Waals surface area contributed by atoms with Crippen LogP contribution in [-0.4, -0.2) is 36.0 Å². The third-order valence-corrected chi connectivity index (χ3v) is 5.44. The molecule has 0 saturated heterocycles. The number of aryl methyl sites for hydroxylation is 1. The highest BCUT2D eigenvalue weighted by molar-refractivity contribution is 5.91. The van der Waals surface area contributed by atoms with E-state index in [0.29, 0.717) is 26.2 Å². The van der Waals surface area contributed by atoms with Crippen molar-refractivity contribution >= 4 is 17.6 Å². The lowest BCUT2D eigenvalue weighted by Crippen LogP contribution is -2.44. The number of hydrogen-bond acceptors (Lipinski definition) is 3. The van der Waals surface area contributed by atoms with Gasteiger partial charge < -0.3 is 19.9 Å². The molecule has 6 nitrogen and oxygen atoms in total.